The molecule has 4 heteroatoms. The van der Waals surface area contributed by atoms with E-state index in [1.54, 1.807) is 6.20 Å². The van der Waals surface area contributed by atoms with Gasteiger partial charge < -0.3 is 0 Å². The predicted molar refractivity (Wildman–Crippen MR) is 48.4 cm³/mol. The van der Waals surface area contributed by atoms with Gasteiger partial charge in [0.2, 0.25) is 0 Å². The van der Waals surface area contributed by atoms with Crippen molar-refractivity contribution in [3.63, 3.8) is 0 Å². The zero-order valence-corrected chi connectivity index (χ0v) is 8.08. The number of hydrogen-bond acceptors (Lipinski definition) is 2. The summed E-state index contributed by atoms with van der Waals surface area (Å²) in [6.45, 7) is 0. The summed E-state index contributed by atoms with van der Waals surface area (Å²) in [4.78, 5) is 4.09. The Hall–Kier alpha value is -0.168. The van der Waals surface area contributed by atoms with Crippen molar-refractivity contribution >= 4 is 42.1 Å². The molecule has 2 nitrogen and oxygen atoms in total. The summed E-state index contributed by atoms with van der Waals surface area (Å²) >= 11 is 3.34. The molecule has 0 saturated heterocycles. The fraction of sp³-hybridized carbons (Fsp3) is 0. The van der Waals surface area contributed by atoms with Crippen LogP contribution < -0.4 is 4.30 Å². The van der Waals surface area contributed by atoms with E-state index in [1.165, 1.54) is 0 Å². The standard InChI is InChI=1S/C5H4BrN2.CH2.Al/c6-4-1-2-5(7)8-3-4;;/h1-3H,(H-,7,8);1H2;/q-1;;+1. The Morgan fingerprint density at radius 1 is 1.60 bits per heavy atom. The van der Waals surface area contributed by atoms with Gasteiger partial charge in [-0.1, -0.05) is 0 Å². The molecule has 0 unspecified atom stereocenters. The third-order valence-electron chi connectivity index (χ3n) is 0.977. The Morgan fingerprint density at radius 3 is 2.90 bits per heavy atom. The molecule has 0 aliphatic rings. The van der Waals surface area contributed by atoms with Gasteiger partial charge in [0.1, 0.15) is 0 Å². The molecule has 1 N–H and O–H groups in total. The minimum absolute atomic E-state index is 0.0399. The fourth-order valence-corrected chi connectivity index (χ4v) is 1.18. The third kappa shape index (κ3) is 2.22. The van der Waals surface area contributed by atoms with Gasteiger partial charge in [0.05, 0.1) is 0 Å². The first kappa shape index (κ1) is 7.93. The van der Waals surface area contributed by atoms with Crippen LogP contribution in [0.3, 0.4) is 0 Å². The van der Waals surface area contributed by atoms with Gasteiger partial charge in [-0.15, -0.1) is 0 Å². The van der Waals surface area contributed by atoms with Gasteiger partial charge in [0.25, 0.3) is 0 Å². The Labute approximate surface area is 74.3 Å². The van der Waals surface area contributed by atoms with Crippen LogP contribution in [0.5, 0.6) is 0 Å². The molecule has 0 spiro atoms. The average molecular weight is 213 g/mol. The second-order valence-electron chi connectivity index (χ2n) is 1.71. The predicted octanol–water partition coefficient (Wildman–Crippen LogP) is 1.31. The van der Waals surface area contributed by atoms with E-state index in [0.717, 1.165) is 10.3 Å². The van der Waals surface area contributed by atoms with E-state index in [1.807, 2.05) is 12.1 Å². The Morgan fingerprint density at radius 2 is 2.40 bits per heavy atom. The van der Waals surface area contributed by atoms with Gasteiger partial charge in [-0.05, 0) is 0 Å². The first-order valence-corrected chi connectivity index (χ1v) is 5.00. The molecular weight excluding hydrogens is 207 g/mol. The molecule has 0 aliphatic carbocycles. The normalized spacial score (nSPS) is 8.50. The van der Waals surface area contributed by atoms with Crippen LogP contribution in [0, 0.1) is 0 Å². The summed E-state index contributed by atoms with van der Waals surface area (Å²) in [5, 5.41) is 3.72. The van der Waals surface area contributed by atoms with Gasteiger partial charge in [-0.25, -0.2) is 0 Å². The van der Waals surface area contributed by atoms with Crippen LogP contribution in [0.4, 0.5) is 5.82 Å². The molecule has 1 aromatic rings. The van der Waals surface area contributed by atoms with E-state index in [0.29, 0.717) is 0 Å². The number of nitrogens with one attached hydrogen (secondary N) is 1. The maximum atomic E-state index is 4.09. The first-order valence-electron chi connectivity index (χ1n) is 2.82. The topological polar surface area (TPSA) is 24.9 Å². The summed E-state index contributed by atoms with van der Waals surface area (Å²) in [5.74, 6) is 0.896. The molecule has 1 rings (SSSR count). The Balaban J connectivity index is 2.78. The van der Waals surface area contributed by atoms with Crippen molar-refractivity contribution in [2.45, 2.75) is 0 Å². The molecule has 1 heterocycles. The Bertz CT molecular complexity index is 222. The van der Waals surface area contributed by atoms with Gasteiger partial charge in [0, 0.05) is 0 Å². The van der Waals surface area contributed by atoms with E-state index >= 15 is 0 Å². The summed E-state index contributed by atoms with van der Waals surface area (Å²) in [7, 11) is 0. The molecule has 0 fully saturated rings. The number of rotatable bonds is 2. The summed E-state index contributed by atoms with van der Waals surface area (Å²) in [6.07, 6.45) is 1.76. The van der Waals surface area contributed by atoms with Crippen LogP contribution in [0.15, 0.2) is 22.8 Å². The van der Waals surface area contributed by atoms with Crippen molar-refractivity contribution in [2.75, 3.05) is 4.30 Å². The molecule has 0 amide bonds. The van der Waals surface area contributed by atoms with Crippen LogP contribution in [-0.2, 0) is 0 Å². The molecule has 1 aromatic heterocycles. The molecule has 0 atom stereocenters. The SMILES string of the molecule is [CH2]=[Al][NH]c1ccc(Br)cn1. The van der Waals surface area contributed by atoms with Gasteiger partial charge in [-0.2, -0.15) is 0 Å². The number of pyridine rings is 1. The molecular formula is C6H6AlBrN2. The van der Waals surface area contributed by atoms with E-state index in [2.05, 4.69) is 30.6 Å². The van der Waals surface area contributed by atoms with Crippen LogP contribution in [0.2, 0.25) is 0 Å². The van der Waals surface area contributed by atoms with Gasteiger partial charge in [0.15, 0.2) is 0 Å². The fourth-order valence-electron chi connectivity index (χ4n) is 0.566. The van der Waals surface area contributed by atoms with Crippen LogP contribution in [-0.4, -0.2) is 25.4 Å². The molecule has 0 aliphatic heterocycles. The molecule has 10 heavy (non-hydrogen) atoms. The number of halogens is 1. The zero-order chi connectivity index (χ0) is 7.40. The van der Waals surface area contributed by atoms with Gasteiger partial charge in [-0.3, -0.25) is 0 Å². The van der Waals surface area contributed by atoms with Crippen LogP contribution >= 0.6 is 15.9 Å². The molecule has 0 bridgehead atoms. The number of anilines is 1. The second kappa shape index (κ2) is 3.87. The van der Waals surface area contributed by atoms with Gasteiger partial charge >= 0.3 is 74.2 Å². The Kier molecular flexibility index (Phi) is 3.07. The molecule has 50 valence electrons. The summed E-state index contributed by atoms with van der Waals surface area (Å²) < 4.78 is 4.07. The van der Waals surface area contributed by atoms with Crippen molar-refractivity contribution in [1.29, 1.82) is 0 Å². The second-order valence-corrected chi connectivity index (χ2v) is 3.32. The number of hydrogen-bond donors (Lipinski definition) is 1. The van der Waals surface area contributed by atoms with Crippen molar-refractivity contribution in [1.82, 2.24) is 4.98 Å². The van der Waals surface area contributed by atoms with E-state index in [-0.39, 0.29) is 15.0 Å². The number of aromatic nitrogens is 1. The third-order valence-corrected chi connectivity index (χ3v) is 1.95. The van der Waals surface area contributed by atoms with E-state index < -0.39 is 0 Å². The summed E-state index contributed by atoms with van der Waals surface area (Å²) in [6, 6.07) is 3.87. The van der Waals surface area contributed by atoms with Crippen LogP contribution in [0.25, 0.3) is 0 Å². The van der Waals surface area contributed by atoms with Crippen molar-refractivity contribution in [3.8, 4) is 0 Å². The molecule has 0 radical (unpaired) electrons. The maximum absolute atomic E-state index is 4.09. The van der Waals surface area contributed by atoms with Crippen LogP contribution in [0.1, 0.15) is 0 Å². The van der Waals surface area contributed by atoms with E-state index in [9.17, 15) is 0 Å². The van der Waals surface area contributed by atoms with Crippen molar-refractivity contribution in [2.24, 2.45) is 0 Å². The quantitative estimate of drug-likeness (QED) is 0.749. The minimum atomic E-state index is 0.0399. The summed E-state index contributed by atoms with van der Waals surface area (Å²) in [5.41, 5.74) is 0. The zero-order valence-electron chi connectivity index (χ0n) is 5.34. The first-order chi connectivity index (χ1) is 4.83. The average Bonchev–Trinajstić information content (AvgIpc) is 1.95. The van der Waals surface area contributed by atoms with Crippen molar-refractivity contribution < 1.29 is 0 Å². The number of nitrogens with zero attached hydrogens (tertiary/aromatic N) is 1. The molecule has 0 aromatic carbocycles. The molecule has 0 saturated carbocycles. The van der Waals surface area contributed by atoms with Crippen molar-refractivity contribution in [3.05, 3.63) is 22.8 Å². The monoisotopic (exact) mass is 212 g/mol. The van der Waals surface area contributed by atoms with E-state index in [4.69, 9.17) is 0 Å².